The number of fused-ring (bicyclic) bond motifs is 2. The van der Waals surface area contributed by atoms with Crippen LogP contribution in [-0.4, -0.2) is 34.5 Å². The average Bonchev–Trinajstić information content (AvgIpc) is 2.72. The summed E-state index contributed by atoms with van der Waals surface area (Å²) in [6.07, 6.45) is 1.02. The van der Waals surface area contributed by atoms with Gasteiger partial charge in [-0.25, -0.2) is 8.42 Å². The van der Waals surface area contributed by atoms with Crippen molar-refractivity contribution in [2.24, 2.45) is 5.10 Å². The molecule has 32 heavy (non-hydrogen) atoms. The molecule has 0 aromatic heterocycles. The number of nitro benzene ring substituents is 1. The van der Waals surface area contributed by atoms with E-state index < -0.39 is 37.1 Å². The Morgan fingerprint density at radius 1 is 1.06 bits per heavy atom. The predicted octanol–water partition coefficient (Wildman–Crippen LogP) is -2.06. The fourth-order valence-corrected chi connectivity index (χ4v) is 4.08. The van der Waals surface area contributed by atoms with Gasteiger partial charge in [0, 0.05) is 22.7 Å². The molecule has 0 amide bonds. The van der Waals surface area contributed by atoms with Crippen molar-refractivity contribution in [2.75, 3.05) is 5.43 Å². The second-order valence-electron chi connectivity index (χ2n) is 6.58. The summed E-state index contributed by atoms with van der Waals surface area (Å²) in [5.74, 6) is -1.08. The van der Waals surface area contributed by atoms with Crippen LogP contribution in [0.5, 0.6) is 5.75 Å². The SMILES string of the molecule is O=C1C=c2ccc([N+](=O)[O-])cc2=C(S(=O)(=O)[O-])C1=NNc1ccc2ccccc2c1O.[Na+]. The number of phenolic OH excluding ortho intramolecular Hbond substituents is 1. The molecule has 0 aliphatic heterocycles. The first kappa shape index (κ1) is 23.6. The maximum Gasteiger partial charge on any atom is 1.00 e. The van der Waals surface area contributed by atoms with Crippen LogP contribution in [0.3, 0.4) is 0 Å². The molecule has 4 rings (SSSR count). The van der Waals surface area contributed by atoms with Gasteiger partial charge in [-0.05, 0) is 28.8 Å². The molecule has 0 saturated heterocycles. The number of nitro groups is 1. The monoisotopic (exact) mass is 461 g/mol. The summed E-state index contributed by atoms with van der Waals surface area (Å²) in [4.78, 5) is 21.8. The molecule has 12 heteroatoms. The Hall–Kier alpha value is -3.09. The van der Waals surface area contributed by atoms with E-state index in [9.17, 15) is 33.0 Å². The third-order valence-corrected chi connectivity index (χ3v) is 5.58. The van der Waals surface area contributed by atoms with E-state index in [0.717, 1.165) is 23.6 Å². The van der Waals surface area contributed by atoms with Gasteiger partial charge in [-0.3, -0.25) is 20.3 Å². The number of benzene rings is 3. The van der Waals surface area contributed by atoms with Crippen LogP contribution in [0.4, 0.5) is 11.4 Å². The summed E-state index contributed by atoms with van der Waals surface area (Å²) < 4.78 is 35.9. The van der Waals surface area contributed by atoms with Crippen LogP contribution in [0.2, 0.25) is 0 Å². The van der Waals surface area contributed by atoms with E-state index in [1.807, 2.05) is 0 Å². The normalized spacial score (nSPS) is 14.5. The summed E-state index contributed by atoms with van der Waals surface area (Å²) in [5.41, 5.74) is 1.28. The van der Waals surface area contributed by atoms with Gasteiger partial charge >= 0.3 is 29.6 Å². The molecule has 0 fully saturated rings. The third kappa shape index (κ3) is 4.29. The van der Waals surface area contributed by atoms with Crippen LogP contribution in [0.15, 0.2) is 59.7 Å². The van der Waals surface area contributed by atoms with Crippen LogP contribution in [0.25, 0.3) is 21.8 Å². The van der Waals surface area contributed by atoms with Crippen molar-refractivity contribution in [3.63, 3.8) is 0 Å². The number of aromatic hydroxyl groups is 1. The minimum Gasteiger partial charge on any atom is -0.744 e. The zero-order valence-electron chi connectivity index (χ0n) is 16.5. The molecule has 0 saturated carbocycles. The van der Waals surface area contributed by atoms with Crippen molar-refractivity contribution in [3.05, 3.63) is 75.1 Å². The van der Waals surface area contributed by atoms with E-state index in [2.05, 4.69) is 10.5 Å². The van der Waals surface area contributed by atoms with Crippen molar-refractivity contribution >= 4 is 54.7 Å². The summed E-state index contributed by atoms with van der Waals surface area (Å²) in [6.45, 7) is 0. The van der Waals surface area contributed by atoms with Gasteiger partial charge in [0.25, 0.3) is 5.69 Å². The molecule has 1 aliphatic carbocycles. The maximum atomic E-state index is 12.5. The molecule has 156 valence electrons. The number of Topliss-reactive ketones (excluding diaryl/α,β-unsaturated/α-hetero) is 1. The molecule has 0 heterocycles. The number of nitrogens with one attached hydrogen (secondary N) is 1. The number of ketones is 1. The smallest absolute Gasteiger partial charge is 0.744 e. The second kappa shape index (κ2) is 8.81. The zero-order chi connectivity index (χ0) is 22.3. The minimum absolute atomic E-state index is 0. The van der Waals surface area contributed by atoms with Gasteiger partial charge < -0.3 is 9.66 Å². The maximum absolute atomic E-state index is 12.5. The van der Waals surface area contributed by atoms with Crippen LogP contribution >= 0.6 is 0 Å². The largest absolute Gasteiger partial charge is 1.00 e. The number of nitrogens with zero attached hydrogens (tertiary/aromatic N) is 2. The Morgan fingerprint density at radius 2 is 1.78 bits per heavy atom. The predicted molar refractivity (Wildman–Crippen MR) is 112 cm³/mol. The molecular weight excluding hydrogens is 449 g/mol. The van der Waals surface area contributed by atoms with Crippen LogP contribution < -0.4 is 45.4 Å². The molecule has 2 N–H and O–H groups in total. The first-order chi connectivity index (χ1) is 14.7. The molecular formula is C20H12N3NaO7S. The number of hydrogen-bond acceptors (Lipinski definition) is 9. The average molecular weight is 461 g/mol. The molecule has 0 spiro atoms. The third-order valence-electron chi connectivity index (χ3n) is 4.67. The number of rotatable bonds is 4. The van der Waals surface area contributed by atoms with Gasteiger partial charge in [0.1, 0.15) is 21.6 Å². The van der Waals surface area contributed by atoms with Gasteiger partial charge in [0.15, 0.2) is 0 Å². The molecule has 1 aliphatic rings. The minimum atomic E-state index is -5.24. The number of hydrogen-bond donors (Lipinski definition) is 2. The Kier molecular flexibility index (Phi) is 6.49. The Morgan fingerprint density at radius 3 is 2.47 bits per heavy atom. The van der Waals surface area contributed by atoms with Crippen molar-refractivity contribution in [1.29, 1.82) is 0 Å². The Balaban J connectivity index is 0.00000289. The van der Waals surface area contributed by atoms with E-state index in [4.69, 9.17) is 0 Å². The van der Waals surface area contributed by atoms with Gasteiger partial charge in [0.2, 0.25) is 5.78 Å². The molecule has 0 bridgehead atoms. The molecule has 0 unspecified atom stereocenters. The summed E-state index contributed by atoms with van der Waals surface area (Å²) in [7, 11) is -5.24. The van der Waals surface area contributed by atoms with Crippen molar-refractivity contribution in [2.45, 2.75) is 0 Å². The van der Waals surface area contributed by atoms with Gasteiger partial charge in [-0.15, -0.1) is 0 Å². The number of hydrazone groups is 1. The van der Waals surface area contributed by atoms with E-state index in [-0.39, 0.29) is 51.4 Å². The number of carbonyl (C=O) groups is 1. The number of carbonyl (C=O) groups excluding carboxylic acids is 1. The molecule has 3 aromatic carbocycles. The summed E-state index contributed by atoms with van der Waals surface area (Å²) in [6, 6.07) is 13.2. The van der Waals surface area contributed by atoms with Crippen LogP contribution in [0, 0.1) is 10.1 Å². The standard InChI is InChI=1S/C20H13N3O7S.Na/c24-17-9-12-5-7-13(23(26)27)10-15(12)20(31(28,29)30)18(17)22-21-16-8-6-11-3-1-2-4-14(11)19(16)25;/h1-10,21,25H,(H,28,29,30);/q;+1/p-1. The Labute approximate surface area is 202 Å². The Bertz CT molecular complexity index is 1550. The number of non-ortho nitro benzene ring substituents is 1. The zero-order valence-corrected chi connectivity index (χ0v) is 19.3. The summed E-state index contributed by atoms with van der Waals surface area (Å²) in [5, 5.41) is 26.2. The molecule has 10 nitrogen and oxygen atoms in total. The first-order valence-electron chi connectivity index (χ1n) is 8.72. The first-order valence-corrected chi connectivity index (χ1v) is 10.1. The molecule has 0 atom stereocenters. The molecule has 0 radical (unpaired) electrons. The van der Waals surface area contributed by atoms with E-state index in [1.165, 1.54) is 12.1 Å². The van der Waals surface area contributed by atoms with Crippen LogP contribution in [-0.2, 0) is 14.9 Å². The number of anilines is 1. The van der Waals surface area contributed by atoms with E-state index in [0.29, 0.717) is 5.39 Å². The van der Waals surface area contributed by atoms with Gasteiger partial charge in [-0.1, -0.05) is 30.3 Å². The van der Waals surface area contributed by atoms with E-state index in [1.54, 1.807) is 30.3 Å². The fraction of sp³-hybridized carbons (Fsp3) is 0. The second-order valence-corrected chi connectivity index (χ2v) is 7.89. The number of phenols is 1. The van der Waals surface area contributed by atoms with Gasteiger partial charge in [0.05, 0.1) is 15.5 Å². The van der Waals surface area contributed by atoms with Crippen molar-refractivity contribution in [1.82, 2.24) is 0 Å². The van der Waals surface area contributed by atoms with Crippen molar-refractivity contribution < 1.29 is 57.4 Å². The van der Waals surface area contributed by atoms with Crippen molar-refractivity contribution in [3.8, 4) is 5.75 Å². The van der Waals surface area contributed by atoms with E-state index >= 15 is 0 Å². The van der Waals surface area contributed by atoms with Gasteiger partial charge in [-0.2, -0.15) is 5.10 Å². The van der Waals surface area contributed by atoms with Crippen LogP contribution in [0.1, 0.15) is 0 Å². The summed E-state index contributed by atoms with van der Waals surface area (Å²) >= 11 is 0. The molecule has 3 aromatic rings. The quantitative estimate of drug-likeness (QED) is 0.147. The topological polar surface area (TPSA) is 162 Å². The fourth-order valence-electron chi connectivity index (χ4n) is 3.25.